The normalized spacial score (nSPS) is 9.78. The molecule has 0 aliphatic heterocycles. The second-order valence-corrected chi connectivity index (χ2v) is 1.44. The van der Waals surface area contributed by atoms with E-state index in [2.05, 4.69) is 0 Å². The van der Waals surface area contributed by atoms with Crippen LogP contribution in [0.25, 0.3) is 0 Å². The van der Waals surface area contributed by atoms with Crippen LogP contribution in [-0.4, -0.2) is 4.98 Å². The number of hydrogen-bond donors (Lipinski definition) is 1. The molecule has 5 heteroatoms. The maximum Gasteiger partial charge on any atom is 0.303 e. The van der Waals surface area contributed by atoms with Crippen molar-refractivity contribution in [3.63, 3.8) is 0 Å². The highest BCUT2D eigenvalue weighted by atomic mass is 16.2. The van der Waals surface area contributed by atoms with Crippen LogP contribution in [0.3, 0.4) is 0 Å². The summed E-state index contributed by atoms with van der Waals surface area (Å²) in [6.45, 7) is 0. The van der Waals surface area contributed by atoms with Crippen molar-refractivity contribution in [1.82, 2.24) is 4.98 Å². The van der Waals surface area contributed by atoms with Crippen molar-refractivity contribution >= 4 is 0 Å². The Kier molecular flexibility index (Phi) is 0.921. The molecule has 1 aromatic heterocycles. The Morgan fingerprint density at radius 2 is 1.11 bits per heavy atom. The minimum absolute atomic E-state index is 1.13. The van der Waals surface area contributed by atoms with Gasteiger partial charge in [0, 0.05) is 0 Å². The lowest BCUT2D eigenvalue weighted by Crippen LogP contribution is -2.34. The SMILES string of the molecule is O=c1[nH]c(=O)c(=O)c1=O. The van der Waals surface area contributed by atoms with Crippen molar-refractivity contribution < 1.29 is 0 Å². The van der Waals surface area contributed by atoms with Gasteiger partial charge in [0.2, 0.25) is 0 Å². The van der Waals surface area contributed by atoms with Gasteiger partial charge in [-0.2, -0.15) is 0 Å². The Hall–Kier alpha value is -1.52. The number of aromatic amines is 1. The fraction of sp³-hybridized carbons (Fsp3) is 0. The third-order valence-electron chi connectivity index (χ3n) is 0.846. The molecule has 0 aliphatic carbocycles. The molecule has 46 valence electrons. The van der Waals surface area contributed by atoms with Gasteiger partial charge in [-0.05, 0) is 0 Å². The van der Waals surface area contributed by atoms with Crippen LogP contribution >= 0.6 is 0 Å². The molecule has 0 spiro atoms. The molecule has 1 rings (SSSR count). The number of rotatable bonds is 0. The van der Waals surface area contributed by atoms with Crippen molar-refractivity contribution in [2.45, 2.75) is 0 Å². The molecule has 0 unspecified atom stereocenters. The summed E-state index contributed by atoms with van der Waals surface area (Å²) in [5, 5.41) is 0. The van der Waals surface area contributed by atoms with E-state index in [-0.39, 0.29) is 0 Å². The second-order valence-electron chi connectivity index (χ2n) is 1.44. The van der Waals surface area contributed by atoms with E-state index in [1.807, 2.05) is 0 Å². The van der Waals surface area contributed by atoms with E-state index in [9.17, 15) is 19.2 Å². The number of aromatic nitrogens is 1. The van der Waals surface area contributed by atoms with Crippen LogP contribution in [0.2, 0.25) is 0 Å². The highest BCUT2D eigenvalue weighted by Gasteiger charge is 2.04. The van der Waals surface area contributed by atoms with Crippen LogP contribution in [0.5, 0.6) is 0 Å². The van der Waals surface area contributed by atoms with Gasteiger partial charge in [0.1, 0.15) is 0 Å². The standard InChI is InChI=1S/C4HNO4/c6-1-2(7)4(9)5-3(1)8/h(H,5,8,9). The third-order valence-corrected chi connectivity index (χ3v) is 0.846. The van der Waals surface area contributed by atoms with E-state index in [1.165, 1.54) is 4.98 Å². The summed E-state index contributed by atoms with van der Waals surface area (Å²) >= 11 is 0. The van der Waals surface area contributed by atoms with Crippen molar-refractivity contribution in [2.75, 3.05) is 0 Å². The summed E-state index contributed by atoms with van der Waals surface area (Å²) < 4.78 is 0. The first-order chi connectivity index (χ1) is 4.13. The second kappa shape index (κ2) is 1.48. The van der Waals surface area contributed by atoms with Crippen molar-refractivity contribution in [2.24, 2.45) is 0 Å². The van der Waals surface area contributed by atoms with Crippen molar-refractivity contribution in [1.29, 1.82) is 0 Å². The Labute approximate surface area is 47.3 Å². The van der Waals surface area contributed by atoms with Crippen LogP contribution in [0.1, 0.15) is 0 Å². The zero-order valence-corrected chi connectivity index (χ0v) is 4.13. The lowest BCUT2D eigenvalue weighted by atomic mass is 10.6. The largest absolute Gasteiger partial charge is 0.303 e. The average molecular weight is 127 g/mol. The predicted octanol–water partition coefficient (Wildman–Crippen LogP) is -2.67. The topological polar surface area (TPSA) is 84.1 Å². The van der Waals surface area contributed by atoms with Gasteiger partial charge >= 0.3 is 11.1 Å². The molecule has 0 radical (unpaired) electrons. The molecule has 1 heterocycles. The number of hydrogen-bond acceptors (Lipinski definition) is 4. The summed E-state index contributed by atoms with van der Waals surface area (Å²) in [4.78, 5) is 42.0. The van der Waals surface area contributed by atoms with Crippen molar-refractivity contribution in [3.8, 4) is 0 Å². The molecule has 1 N–H and O–H groups in total. The Balaban J connectivity index is 4.15. The molecule has 0 aliphatic rings. The lowest BCUT2D eigenvalue weighted by Gasteiger charge is -1.50. The van der Waals surface area contributed by atoms with Gasteiger partial charge in [-0.15, -0.1) is 0 Å². The number of H-pyrrole nitrogens is 1. The first-order valence-corrected chi connectivity index (χ1v) is 2.07. The zero-order chi connectivity index (χ0) is 7.02. The molecule has 1 aromatic rings. The predicted molar refractivity (Wildman–Crippen MR) is 28.2 cm³/mol. The zero-order valence-electron chi connectivity index (χ0n) is 4.13. The highest BCUT2D eigenvalue weighted by molar-refractivity contribution is 4.91. The monoisotopic (exact) mass is 127 g/mol. The molecule has 0 atom stereocenters. The maximum absolute atomic E-state index is 10.1. The van der Waals surface area contributed by atoms with Gasteiger partial charge in [-0.25, -0.2) is 0 Å². The smallest absolute Gasteiger partial charge is 0.282 e. The Morgan fingerprint density at radius 1 is 0.778 bits per heavy atom. The maximum atomic E-state index is 10.1. The van der Waals surface area contributed by atoms with Gasteiger partial charge in [0.05, 0.1) is 0 Å². The quantitative estimate of drug-likeness (QED) is 0.385. The molecule has 0 amide bonds. The Morgan fingerprint density at radius 3 is 1.22 bits per heavy atom. The van der Waals surface area contributed by atoms with Crippen molar-refractivity contribution in [3.05, 3.63) is 41.2 Å². The van der Waals surface area contributed by atoms with E-state index in [4.69, 9.17) is 0 Å². The number of nitrogens with one attached hydrogen (secondary N) is 1. The van der Waals surface area contributed by atoms with Crippen LogP contribution in [0, 0.1) is 0 Å². The summed E-state index contributed by atoms with van der Waals surface area (Å²) in [6.07, 6.45) is 0. The summed E-state index contributed by atoms with van der Waals surface area (Å²) in [7, 11) is 0. The molecule has 0 fully saturated rings. The van der Waals surface area contributed by atoms with Crippen LogP contribution in [0.15, 0.2) is 19.2 Å². The first kappa shape index (κ1) is 5.61. The minimum Gasteiger partial charge on any atom is -0.282 e. The van der Waals surface area contributed by atoms with E-state index in [1.54, 1.807) is 0 Å². The Bertz CT molecular complexity index is 367. The van der Waals surface area contributed by atoms with Gasteiger partial charge < -0.3 is 0 Å². The molecule has 9 heavy (non-hydrogen) atoms. The third kappa shape index (κ3) is 0.620. The van der Waals surface area contributed by atoms with Gasteiger partial charge in [-0.1, -0.05) is 0 Å². The molecule has 0 saturated carbocycles. The van der Waals surface area contributed by atoms with E-state index >= 15 is 0 Å². The molecule has 5 nitrogen and oxygen atoms in total. The minimum atomic E-state index is -1.28. The molecule has 0 aromatic carbocycles. The molecule has 0 saturated heterocycles. The fourth-order valence-corrected chi connectivity index (χ4v) is 0.423. The van der Waals surface area contributed by atoms with Gasteiger partial charge in [-0.3, -0.25) is 24.2 Å². The van der Waals surface area contributed by atoms with Crippen LogP contribution < -0.4 is 22.0 Å². The molecule has 0 bridgehead atoms. The van der Waals surface area contributed by atoms with Gasteiger partial charge in [0.15, 0.2) is 0 Å². The first-order valence-electron chi connectivity index (χ1n) is 2.07. The summed E-state index contributed by atoms with van der Waals surface area (Å²) in [5.41, 5.74) is -4.82. The van der Waals surface area contributed by atoms with Gasteiger partial charge in [0.25, 0.3) is 10.9 Å². The van der Waals surface area contributed by atoms with E-state index in [0.717, 1.165) is 0 Å². The van der Waals surface area contributed by atoms with Crippen LogP contribution in [0.4, 0.5) is 0 Å². The van der Waals surface area contributed by atoms with Crippen LogP contribution in [-0.2, 0) is 0 Å². The highest BCUT2D eigenvalue weighted by Crippen LogP contribution is 1.28. The average Bonchev–Trinajstić information content (AvgIpc) is 1.98. The summed E-state index contributed by atoms with van der Waals surface area (Å²) in [6, 6.07) is 0. The molecular formula is C4HNO4. The fourth-order valence-electron chi connectivity index (χ4n) is 0.423. The lowest BCUT2D eigenvalue weighted by molar-refractivity contribution is 1.23. The van der Waals surface area contributed by atoms with E-state index in [0.29, 0.717) is 0 Å². The molecular weight excluding hydrogens is 126 g/mol. The summed E-state index contributed by atoms with van der Waals surface area (Å²) in [5.74, 6) is 0. The van der Waals surface area contributed by atoms with E-state index < -0.39 is 22.0 Å².